The molecule has 3 N–H and O–H groups in total. The number of nitrogens with one attached hydrogen (secondary N) is 1. The minimum atomic E-state index is -0.596. The smallest absolute Gasteiger partial charge is 0.292 e. The van der Waals surface area contributed by atoms with Crippen LogP contribution in [0.4, 0.5) is 11.4 Å². The van der Waals surface area contributed by atoms with E-state index in [4.69, 9.17) is 20.6 Å². The Labute approximate surface area is 110 Å². The highest BCUT2D eigenvalue weighted by molar-refractivity contribution is 5.93. The van der Waals surface area contributed by atoms with Crippen LogP contribution in [0, 0.1) is 15.5 Å². The van der Waals surface area contributed by atoms with E-state index < -0.39 is 4.92 Å². The summed E-state index contributed by atoms with van der Waals surface area (Å²) in [6.45, 7) is 0.562. The molecule has 0 saturated carbocycles. The first-order chi connectivity index (χ1) is 8.06. The molecule has 0 aliphatic carbocycles. The number of nitrogen functional groups attached to an aromatic ring is 1. The first kappa shape index (κ1) is 16.1. The third-order valence-electron chi connectivity index (χ3n) is 2.02. The Bertz CT molecular complexity index is 439. The van der Waals surface area contributed by atoms with E-state index >= 15 is 0 Å². The van der Waals surface area contributed by atoms with Gasteiger partial charge >= 0.3 is 0 Å². The Balaban J connectivity index is 0.00000289. The molecule has 0 aliphatic heterocycles. The molecular formula is C10H14ClN3O4. The summed E-state index contributed by atoms with van der Waals surface area (Å²) >= 11 is 0. The van der Waals surface area contributed by atoms with Crippen molar-refractivity contribution >= 4 is 29.7 Å². The molecule has 1 aromatic carbocycles. The molecule has 0 aromatic heterocycles. The summed E-state index contributed by atoms with van der Waals surface area (Å²) in [6.07, 6.45) is 0. The van der Waals surface area contributed by atoms with Gasteiger partial charge in [0.2, 0.25) is 5.90 Å². The Kier molecular flexibility index (Phi) is 6.69. The summed E-state index contributed by atoms with van der Waals surface area (Å²) in [5.74, 6) is -0.148. The zero-order valence-corrected chi connectivity index (χ0v) is 10.5. The summed E-state index contributed by atoms with van der Waals surface area (Å²) in [5, 5.41) is 18.2. The first-order valence-electron chi connectivity index (χ1n) is 4.81. The number of anilines is 1. The summed E-state index contributed by atoms with van der Waals surface area (Å²) < 4.78 is 9.80. The van der Waals surface area contributed by atoms with Gasteiger partial charge in [0.15, 0.2) is 0 Å². The van der Waals surface area contributed by atoms with Gasteiger partial charge in [0.25, 0.3) is 5.69 Å². The molecule has 100 valence electrons. The molecule has 0 fully saturated rings. The highest BCUT2D eigenvalue weighted by Crippen LogP contribution is 2.22. The second-order valence-electron chi connectivity index (χ2n) is 3.20. The van der Waals surface area contributed by atoms with Gasteiger partial charge in [-0.1, -0.05) is 0 Å². The minimum Gasteiger partial charge on any atom is -0.475 e. The molecule has 0 bridgehead atoms. The van der Waals surface area contributed by atoms with E-state index in [1.807, 2.05) is 0 Å². The minimum absolute atomic E-state index is 0. The fourth-order valence-corrected chi connectivity index (χ4v) is 1.15. The van der Waals surface area contributed by atoms with Crippen molar-refractivity contribution in [1.29, 1.82) is 5.41 Å². The van der Waals surface area contributed by atoms with E-state index in [0.717, 1.165) is 0 Å². The average molecular weight is 276 g/mol. The Morgan fingerprint density at radius 1 is 1.50 bits per heavy atom. The lowest BCUT2D eigenvalue weighted by Gasteiger charge is -2.07. The monoisotopic (exact) mass is 275 g/mol. The molecule has 0 aliphatic rings. The molecule has 0 saturated heterocycles. The molecule has 0 amide bonds. The molecule has 0 atom stereocenters. The molecule has 8 heteroatoms. The number of hydrogen-bond acceptors (Lipinski definition) is 6. The number of nitrogens with two attached hydrogens (primary N) is 1. The molecule has 0 spiro atoms. The topological polar surface area (TPSA) is 111 Å². The third kappa shape index (κ3) is 4.19. The van der Waals surface area contributed by atoms with Crippen molar-refractivity contribution in [2.24, 2.45) is 0 Å². The van der Waals surface area contributed by atoms with Crippen LogP contribution in [0.15, 0.2) is 18.2 Å². The van der Waals surface area contributed by atoms with E-state index in [1.54, 1.807) is 0 Å². The summed E-state index contributed by atoms with van der Waals surface area (Å²) in [4.78, 5) is 10.1. The largest absolute Gasteiger partial charge is 0.475 e. The van der Waals surface area contributed by atoms with E-state index in [9.17, 15) is 10.1 Å². The number of halogens is 1. The highest BCUT2D eigenvalue weighted by Gasteiger charge is 2.14. The lowest BCUT2D eigenvalue weighted by molar-refractivity contribution is -0.383. The molecule has 1 rings (SSSR count). The SMILES string of the molecule is COCCOC(=N)c1ccc(N)c([N+](=O)[O-])c1.Cl. The quantitative estimate of drug-likeness (QED) is 0.212. The lowest BCUT2D eigenvalue weighted by atomic mass is 10.2. The van der Waals surface area contributed by atoms with Crippen LogP contribution in [-0.4, -0.2) is 31.1 Å². The number of rotatable bonds is 5. The van der Waals surface area contributed by atoms with Gasteiger partial charge in [0, 0.05) is 18.7 Å². The molecule has 1 aromatic rings. The number of methoxy groups -OCH3 is 1. The number of nitro benzene ring substituents is 1. The van der Waals surface area contributed by atoms with E-state index in [0.29, 0.717) is 12.2 Å². The standard InChI is InChI=1S/C10H13N3O4.ClH/c1-16-4-5-17-10(12)7-2-3-8(11)9(6-7)13(14)15;/h2-3,6,12H,4-5,11H2,1H3;1H. The van der Waals surface area contributed by atoms with Gasteiger partial charge in [-0.25, -0.2) is 0 Å². The van der Waals surface area contributed by atoms with E-state index in [1.165, 1.54) is 25.3 Å². The number of ether oxygens (including phenoxy) is 2. The molecule has 0 unspecified atom stereocenters. The lowest BCUT2D eigenvalue weighted by Crippen LogP contribution is -2.10. The Morgan fingerprint density at radius 3 is 2.72 bits per heavy atom. The van der Waals surface area contributed by atoms with Crippen LogP contribution in [-0.2, 0) is 9.47 Å². The van der Waals surface area contributed by atoms with E-state index in [2.05, 4.69) is 0 Å². The number of nitrogens with zero attached hydrogens (tertiary/aromatic N) is 1. The zero-order chi connectivity index (χ0) is 12.8. The van der Waals surface area contributed by atoms with Crippen LogP contribution < -0.4 is 5.73 Å². The van der Waals surface area contributed by atoms with Crippen LogP contribution in [0.25, 0.3) is 0 Å². The Morgan fingerprint density at radius 2 is 2.17 bits per heavy atom. The van der Waals surface area contributed by atoms with Gasteiger partial charge in [-0.05, 0) is 12.1 Å². The average Bonchev–Trinajstić information content (AvgIpc) is 2.29. The van der Waals surface area contributed by atoms with Crippen LogP contribution in [0.3, 0.4) is 0 Å². The van der Waals surface area contributed by atoms with Crippen molar-refractivity contribution < 1.29 is 14.4 Å². The van der Waals surface area contributed by atoms with Gasteiger partial charge in [-0.3, -0.25) is 15.5 Å². The number of hydrogen-bond donors (Lipinski definition) is 2. The van der Waals surface area contributed by atoms with Gasteiger partial charge in [0.1, 0.15) is 12.3 Å². The third-order valence-corrected chi connectivity index (χ3v) is 2.02. The van der Waals surface area contributed by atoms with Crippen molar-refractivity contribution in [3.05, 3.63) is 33.9 Å². The molecule has 18 heavy (non-hydrogen) atoms. The number of benzene rings is 1. The maximum atomic E-state index is 10.7. The van der Waals surface area contributed by atoms with Crippen molar-refractivity contribution in [1.82, 2.24) is 0 Å². The van der Waals surface area contributed by atoms with Crippen LogP contribution >= 0.6 is 12.4 Å². The predicted molar refractivity (Wildman–Crippen MR) is 69.4 cm³/mol. The molecule has 0 heterocycles. The predicted octanol–water partition coefficient (Wildman–Crippen LogP) is 1.59. The summed E-state index contributed by atoms with van der Waals surface area (Å²) in [7, 11) is 1.51. The van der Waals surface area contributed by atoms with E-state index in [-0.39, 0.29) is 36.3 Å². The van der Waals surface area contributed by atoms with Crippen molar-refractivity contribution in [3.63, 3.8) is 0 Å². The van der Waals surface area contributed by atoms with Crippen LogP contribution in [0.1, 0.15) is 5.56 Å². The Hall–Kier alpha value is -1.86. The number of nitro groups is 1. The fourth-order valence-electron chi connectivity index (χ4n) is 1.15. The molecule has 7 nitrogen and oxygen atoms in total. The van der Waals surface area contributed by atoms with Gasteiger partial charge < -0.3 is 15.2 Å². The summed E-state index contributed by atoms with van der Waals surface area (Å²) in [6, 6.07) is 4.09. The first-order valence-corrected chi connectivity index (χ1v) is 4.81. The zero-order valence-electron chi connectivity index (χ0n) is 9.71. The van der Waals surface area contributed by atoms with Gasteiger partial charge in [0.05, 0.1) is 11.5 Å². The van der Waals surface area contributed by atoms with Crippen molar-refractivity contribution in [3.8, 4) is 0 Å². The normalized spacial score (nSPS) is 9.39. The summed E-state index contributed by atoms with van der Waals surface area (Å²) in [5.41, 5.74) is 5.57. The van der Waals surface area contributed by atoms with Crippen LogP contribution in [0.5, 0.6) is 0 Å². The highest BCUT2D eigenvalue weighted by atomic mass is 35.5. The molecule has 0 radical (unpaired) electrons. The van der Waals surface area contributed by atoms with Gasteiger partial charge in [-0.15, -0.1) is 12.4 Å². The maximum Gasteiger partial charge on any atom is 0.292 e. The maximum absolute atomic E-state index is 10.7. The second kappa shape index (κ2) is 7.46. The molecular weight excluding hydrogens is 262 g/mol. The van der Waals surface area contributed by atoms with Crippen molar-refractivity contribution in [2.45, 2.75) is 0 Å². The second-order valence-corrected chi connectivity index (χ2v) is 3.20. The van der Waals surface area contributed by atoms with Gasteiger partial charge in [-0.2, -0.15) is 0 Å². The fraction of sp³-hybridized carbons (Fsp3) is 0.300. The van der Waals surface area contributed by atoms with Crippen LogP contribution in [0.2, 0.25) is 0 Å². The van der Waals surface area contributed by atoms with Crippen molar-refractivity contribution in [2.75, 3.05) is 26.1 Å².